The van der Waals surface area contributed by atoms with Crippen molar-refractivity contribution in [3.8, 4) is 0 Å². The average Bonchev–Trinajstić information content (AvgIpc) is 1.61. The predicted octanol–water partition coefficient (Wildman–Crippen LogP) is 1.59. The highest BCUT2D eigenvalue weighted by atomic mass is 15.3. The Bertz CT molecular complexity index is 154. The fraction of sp³-hybridized carbons (Fsp3) is 0.667. The van der Waals surface area contributed by atoms with Crippen LogP contribution in [0.2, 0.25) is 0 Å². The van der Waals surface area contributed by atoms with Gasteiger partial charge in [0.2, 0.25) is 5.70 Å². The second-order valence-corrected chi connectivity index (χ2v) is 2.35. The lowest BCUT2D eigenvalue weighted by molar-refractivity contribution is -0.540. The minimum atomic E-state index is 0.623. The SMILES string of the molecule is CC(C)C1=CN=[N+]1C. The van der Waals surface area contributed by atoms with Crippen molar-refractivity contribution in [3.05, 3.63) is 11.9 Å². The Morgan fingerprint density at radius 1 is 1.62 bits per heavy atom. The van der Waals surface area contributed by atoms with E-state index in [0.29, 0.717) is 5.92 Å². The first-order valence-electron chi connectivity index (χ1n) is 2.86. The van der Waals surface area contributed by atoms with Gasteiger partial charge in [0.25, 0.3) is 0 Å². The van der Waals surface area contributed by atoms with E-state index in [4.69, 9.17) is 0 Å². The Kier molecular flexibility index (Phi) is 1.16. The minimum Gasteiger partial charge on any atom is -0.0888 e. The van der Waals surface area contributed by atoms with Crippen LogP contribution in [0.1, 0.15) is 13.8 Å². The smallest absolute Gasteiger partial charge is 0.0888 e. The third-order valence-electron chi connectivity index (χ3n) is 1.33. The number of rotatable bonds is 1. The summed E-state index contributed by atoms with van der Waals surface area (Å²) in [5.74, 6) is 0.623. The van der Waals surface area contributed by atoms with Gasteiger partial charge in [-0.25, -0.2) is 0 Å². The first-order valence-corrected chi connectivity index (χ1v) is 2.86. The Morgan fingerprint density at radius 2 is 2.25 bits per heavy atom. The maximum atomic E-state index is 3.94. The van der Waals surface area contributed by atoms with Crippen LogP contribution in [-0.4, -0.2) is 11.7 Å². The van der Waals surface area contributed by atoms with Crippen LogP contribution >= 0.6 is 0 Å². The number of hydrogen-bond donors (Lipinski definition) is 0. The van der Waals surface area contributed by atoms with Crippen molar-refractivity contribution < 1.29 is 4.70 Å². The van der Waals surface area contributed by atoms with Crippen molar-refractivity contribution >= 4 is 0 Å². The Hall–Kier alpha value is -0.660. The number of allylic oxidation sites excluding steroid dienone is 1. The summed E-state index contributed by atoms with van der Waals surface area (Å²) in [6.45, 7) is 4.33. The molecule has 0 saturated heterocycles. The van der Waals surface area contributed by atoms with Gasteiger partial charge in [0, 0.05) is 5.92 Å². The van der Waals surface area contributed by atoms with E-state index in [0.717, 1.165) is 0 Å². The van der Waals surface area contributed by atoms with Gasteiger partial charge in [0.05, 0.1) is 0 Å². The molecule has 0 bridgehead atoms. The van der Waals surface area contributed by atoms with Crippen LogP contribution in [0.25, 0.3) is 0 Å². The molecule has 1 aliphatic heterocycles. The van der Waals surface area contributed by atoms with Crippen molar-refractivity contribution in [2.24, 2.45) is 11.0 Å². The van der Waals surface area contributed by atoms with Gasteiger partial charge >= 0.3 is 0 Å². The van der Waals surface area contributed by atoms with E-state index in [1.165, 1.54) is 5.70 Å². The molecule has 0 saturated carbocycles. The zero-order chi connectivity index (χ0) is 6.15. The van der Waals surface area contributed by atoms with Gasteiger partial charge in [-0.2, -0.15) is 0 Å². The maximum Gasteiger partial charge on any atom is 0.234 e. The molecule has 1 aliphatic rings. The van der Waals surface area contributed by atoms with Gasteiger partial charge in [0.1, 0.15) is 0 Å². The molecule has 0 amide bonds. The standard InChI is InChI=1S/C6H11N2/c1-5(2)6-4-7-8(6)3/h4-5H,1-3H3/q+1. The second kappa shape index (κ2) is 1.69. The van der Waals surface area contributed by atoms with Gasteiger partial charge in [-0.05, 0) is 5.11 Å². The lowest BCUT2D eigenvalue weighted by Crippen LogP contribution is -2.13. The van der Waals surface area contributed by atoms with Crippen LogP contribution in [-0.2, 0) is 0 Å². The molecule has 1 heterocycles. The molecule has 2 nitrogen and oxygen atoms in total. The van der Waals surface area contributed by atoms with Gasteiger partial charge < -0.3 is 0 Å². The van der Waals surface area contributed by atoms with E-state index in [-0.39, 0.29) is 0 Å². The fourth-order valence-electron chi connectivity index (χ4n) is 0.763. The van der Waals surface area contributed by atoms with Gasteiger partial charge in [-0.15, -0.1) is 0 Å². The summed E-state index contributed by atoms with van der Waals surface area (Å²) in [4.78, 5) is 0. The summed E-state index contributed by atoms with van der Waals surface area (Å²) in [6.07, 6.45) is 1.91. The summed E-state index contributed by atoms with van der Waals surface area (Å²) >= 11 is 0. The second-order valence-electron chi connectivity index (χ2n) is 2.35. The van der Waals surface area contributed by atoms with Crippen molar-refractivity contribution in [2.45, 2.75) is 13.8 Å². The molecule has 0 aliphatic carbocycles. The summed E-state index contributed by atoms with van der Waals surface area (Å²) in [5, 5.41) is 3.94. The molecule has 0 aromatic heterocycles. The highest BCUT2D eigenvalue weighted by Crippen LogP contribution is 2.16. The maximum absolute atomic E-state index is 3.94. The first-order chi connectivity index (χ1) is 3.72. The third kappa shape index (κ3) is 0.661. The fourth-order valence-corrected chi connectivity index (χ4v) is 0.763. The predicted molar refractivity (Wildman–Crippen MR) is 31.5 cm³/mol. The largest absolute Gasteiger partial charge is 0.234 e. The van der Waals surface area contributed by atoms with Crippen molar-refractivity contribution in [2.75, 3.05) is 7.05 Å². The van der Waals surface area contributed by atoms with Crippen molar-refractivity contribution in [3.63, 3.8) is 0 Å². The monoisotopic (exact) mass is 111 g/mol. The average molecular weight is 111 g/mol. The number of azo groups is 2. The number of nitrogens with zero attached hydrogens (tertiary/aromatic N) is 2. The van der Waals surface area contributed by atoms with Gasteiger partial charge in [0.15, 0.2) is 13.2 Å². The molecular formula is C6H11N2+. The summed E-state index contributed by atoms with van der Waals surface area (Å²) in [5.41, 5.74) is 1.32. The molecule has 2 heteroatoms. The lowest BCUT2D eigenvalue weighted by atomic mass is 10.1. The molecule has 0 radical (unpaired) electrons. The van der Waals surface area contributed by atoms with E-state index >= 15 is 0 Å². The van der Waals surface area contributed by atoms with Crippen LogP contribution in [0.3, 0.4) is 0 Å². The molecular weight excluding hydrogens is 100 g/mol. The highest BCUT2D eigenvalue weighted by Gasteiger charge is 2.21. The zero-order valence-corrected chi connectivity index (χ0v) is 5.55. The van der Waals surface area contributed by atoms with E-state index in [1.807, 2.05) is 17.9 Å². The topological polar surface area (TPSA) is 15.4 Å². The highest BCUT2D eigenvalue weighted by molar-refractivity contribution is 4.95. The first kappa shape index (κ1) is 5.48. The summed E-state index contributed by atoms with van der Waals surface area (Å²) in [6, 6.07) is 0. The molecule has 0 N–H and O–H groups in total. The van der Waals surface area contributed by atoms with E-state index in [9.17, 15) is 0 Å². The van der Waals surface area contributed by atoms with Crippen LogP contribution in [0, 0.1) is 5.92 Å². The molecule has 0 aromatic rings. The van der Waals surface area contributed by atoms with Crippen LogP contribution in [0.5, 0.6) is 0 Å². The molecule has 0 atom stereocenters. The van der Waals surface area contributed by atoms with Crippen LogP contribution < -0.4 is 0 Å². The summed E-state index contributed by atoms with van der Waals surface area (Å²) in [7, 11) is 1.97. The zero-order valence-electron chi connectivity index (χ0n) is 5.55. The minimum absolute atomic E-state index is 0.623. The Balaban J connectivity index is 2.53. The Morgan fingerprint density at radius 3 is 2.25 bits per heavy atom. The normalized spacial score (nSPS) is 17.5. The van der Waals surface area contributed by atoms with E-state index < -0.39 is 0 Å². The van der Waals surface area contributed by atoms with E-state index in [2.05, 4.69) is 19.0 Å². The molecule has 8 heavy (non-hydrogen) atoms. The molecule has 0 fully saturated rings. The molecule has 0 unspecified atom stereocenters. The molecule has 0 spiro atoms. The number of hydrogen-bond acceptors (Lipinski definition) is 1. The molecule has 44 valence electrons. The van der Waals surface area contributed by atoms with Crippen molar-refractivity contribution in [1.82, 2.24) is 0 Å². The van der Waals surface area contributed by atoms with E-state index in [1.54, 1.807) is 0 Å². The van der Waals surface area contributed by atoms with Gasteiger partial charge in [-0.3, -0.25) is 0 Å². The third-order valence-corrected chi connectivity index (χ3v) is 1.33. The van der Waals surface area contributed by atoms with Gasteiger partial charge in [-0.1, -0.05) is 18.5 Å². The molecule has 1 rings (SSSR count). The van der Waals surface area contributed by atoms with Crippen molar-refractivity contribution in [1.29, 1.82) is 0 Å². The summed E-state index contributed by atoms with van der Waals surface area (Å²) < 4.78 is 1.91. The molecule has 0 aromatic carbocycles. The Labute approximate surface area is 49.5 Å². The lowest BCUT2D eigenvalue weighted by Gasteiger charge is -2.05. The van der Waals surface area contributed by atoms with Crippen LogP contribution in [0.4, 0.5) is 0 Å². The van der Waals surface area contributed by atoms with Crippen LogP contribution in [0.15, 0.2) is 17.0 Å². The quantitative estimate of drug-likeness (QED) is 0.457.